The maximum absolute atomic E-state index is 11.0. The summed E-state index contributed by atoms with van der Waals surface area (Å²) in [6.07, 6.45) is 0.666. The number of thiophene rings is 1. The van der Waals surface area contributed by atoms with E-state index in [-0.39, 0.29) is 0 Å². The summed E-state index contributed by atoms with van der Waals surface area (Å²) < 4.78 is 0. The van der Waals surface area contributed by atoms with Gasteiger partial charge in [-0.15, -0.1) is 11.3 Å². The highest BCUT2D eigenvalue weighted by atomic mass is 32.1. The number of nitrogens with one attached hydrogen (secondary N) is 1. The van der Waals surface area contributed by atoms with E-state index in [1.54, 1.807) is 11.3 Å². The summed E-state index contributed by atoms with van der Waals surface area (Å²) in [4.78, 5) is 12.2. The van der Waals surface area contributed by atoms with Gasteiger partial charge >= 0.3 is 5.97 Å². The molecule has 1 heterocycles. The van der Waals surface area contributed by atoms with E-state index in [0.717, 1.165) is 0 Å². The zero-order valence-corrected chi connectivity index (χ0v) is 10.8. The number of hydrogen-bond donors (Lipinski definition) is 2. The number of aliphatic carboxylic acids is 1. The molecule has 0 spiro atoms. The minimum absolute atomic E-state index is 0.387. The van der Waals surface area contributed by atoms with Gasteiger partial charge in [0.05, 0.1) is 0 Å². The summed E-state index contributed by atoms with van der Waals surface area (Å²) in [6.45, 7) is 6.76. The van der Waals surface area contributed by atoms with Gasteiger partial charge in [0.2, 0.25) is 0 Å². The molecule has 0 amide bonds. The molecule has 0 aromatic carbocycles. The molecular formula is C12H19NO2S. The molecule has 90 valence electrons. The molecule has 0 fully saturated rings. The summed E-state index contributed by atoms with van der Waals surface area (Å²) in [6, 6.07) is 1.61. The minimum atomic E-state index is -0.761. The minimum Gasteiger partial charge on any atom is -0.480 e. The summed E-state index contributed by atoms with van der Waals surface area (Å²) >= 11 is 1.67. The molecule has 0 saturated carbocycles. The Balaban J connectivity index is 2.50. The van der Waals surface area contributed by atoms with E-state index < -0.39 is 12.0 Å². The Morgan fingerprint density at radius 1 is 1.56 bits per heavy atom. The average Bonchev–Trinajstić information content (AvgIpc) is 2.57. The smallest absolute Gasteiger partial charge is 0.320 e. The van der Waals surface area contributed by atoms with Gasteiger partial charge in [-0.25, -0.2) is 0 Å². The second kappa shape index (κ2) is 6.01. The van der Waals surface area contributed by atoms with Crippen molar-refractivity contribution in [2.24, 2.45) is 5.92 Å². The van der Waals surface area contributed by atoms with Crippen LogP contribution in [0.2, 0.25) is 0 Å². The van der Waals surface area contributed by atoms with Crippen molar-refractivity contribution < 1.29 is 9.90 Å². The van der Waals surface area contributed by atoms with Gasteiger partial charge < -0.3 is 5.11 Å². The van der Waals surface area contributed by atoms with Crippen molar-refractivity contribution in [3.05, 3.63) is 21.9 Å². The number of carboxylic acid groups (broad SMARTS) is 1. The Bertz CT molecular complexity index is 347. The van der Waals surface area contributed by atoms with Crippen LogP contribution in [0.15, 0.2) is 11.4 Å². The molecule has 2 N–H and O–H groups in total. The highest BCUT2D eigenvalue weighted by molar-refractivity contribution is 7.10. The molecule has 0 radical (unpaired) electrons. The molecule has 0 bridgehead atoms. The number of hydrogen-bond acceptors (Lipinski definition) is 3. The number of rotatable bonds is 6. The number of carboxylic acids is 1. The molecule has 3 nitrogen and oxygen atoms in total. The van der Waals surface area contributed by atoms with Crippen molar-refractivity contribution in [3.63, 3.8) is 0 Å². The van der Waals surface area contributed by atoms with Crippen LogP contribution >= 0.6 is 11.3 Å². The first-order chi connectivity index (χ1) is 7.50. The fraction of sp³-hybridized carbons (Fsp3) is 0.583. The predicted octanol–water partition coefficient (Wildman–Crippen LogP) is 2.65. The maximum atomic E-state index is 11.0. The summed E-state index contributed by atoms with van der Waals surface area (Å²) in [5.41, 5.74) is 1.23. The van der Waals surface area contributed by atoms with Crippen molar-refractivity contribution in [1.82, 2.24) is 5.32 Å². The average molecular weight is 241 g/mol. The molecule has 0 aliphatic heterocycles. The van der Waals surface area contributed by atoms with Gasteiger partial charge in [0.25, 0.3) is 0 Å². The molecular weight excluding hydrogens is 222 g/mol. The lowest BCUT2D eigenvalue weighted by molar-refractivity contribution is -0.140. The van der Waals surface area contributed by atoms with E-state index in [9.17, 15) is 4.79 Å². The first-order valence-electron chi connectivity index (χ1n) is 5.50. The van der Waals surface area contributed by atoms with E-state index in [2.05, 4.69) is 11.4 Å². The lowest BCUT2D eigenvalue weighted by atomic mass is 10.0. The second-order valence-electron chi connectivity index (χ2n) is 4.43. The molecule has 1 aromatic rings. The van der Waals surface area contributed by atoms with Crippen molar-refractivity contribution in [2.45, 2.75) is 39.8 Å². The SMILES string of the molecule is Cc1ccsc1CN[C@@H](CC(C)C)C(=O)O. The van der Waals surface area contributed by atoms with E-state index in [0.29, 0.717) is 18.9 Å². The Morgan fingerprint density at radius 3 is 2.69 bits per heavy atom. The van der Waals surface area contributed by atoms with Gasteiger partial charge in [0.1, 0.15) is 6.04 Å². The third-order valence-electron chi connectivity index (χ3n) is 2.48. The molecule has 1 aromatic heterocycles. The fourth-order valence-corrected chi connectivity index (χ4v) is 2.40. The van der Waals surface area contributed by atoms with Gasteiger partial charge in [-0.05, 0) is 36.3 Å². The van der Waals surface area contributed by atoms with E-state index in [1.807, 2.05) is 26.2 Å². The van der Waals surface area contributed by atoms with Crippen molar-refractivity contribution in [3.8, 4) is 0 Å². The molecule has 0 aliphatic carbocycles. The number of aryl methyl sites for hydroxylation is 1. The molecule has 1 rings (SSSR count). The first kappa shape index (κ1) is 13.2. The van der Waals surface area contributed by atoms with Crippen LogP contribution in [0.3, 0.4) is 0 Å². The lowest BCUT2D eigenvalue weighted by Crippen LogP contribution is -2.37. The van der Waals surface area contributed by atoms with Crippen LogP contribution in [-0.4, -0.2) is 17.1 Å². The number of carbonyl (C=O) groups is 1. The lowest BCUT2D eigenvalue weighted by Gasteiger charge is -2.16. The zero-order valence-electron chi connectivity index (χ0n) is 9.99. The van der Waals surface area contributed by atoms with Crippen LogP contribution in [0, 0.1) is 12.8 Å². The Morgan fingerprint density at radius 2 is 2.25 bits per heavy atom. The van der Waals surface area contributed by atoms with Crippen molar-refractivity contribution in [2.75, 3.05) is 0 Å². The largest absolute Gasteiger partial charge is 0.480 e. The second-order valence-corrected chi connectivity index (χ2v) is 5.43. The third-order valence-corrected chi connectivity index (χ3v) is 3.51. The van der Waals surface area contributed by atoms with E-state index in [1.165, 1.54) is 10.4 Å². The van der Waals surface area contributed by atoms with Crippen LogP contribution in [0.5, 0.6) is 0 Å². The standard InChI is InChI=1S/C12H19NO2S/c1-8(2)6-10(12(14)15)13-7-11-9(3)4-5-16-11/h4-5,8,10,13H,6-7H2,1-3H3,(H,14,15)/t10-/m0/s1. The van der Waals surface area contributed by atoms with Crippen molar-refractivity contribution >= 4 is 17.3 Å². The van der Waals surface area contributed by atoms with Crippen LogP contribution in [0.25, 0.3) is 0 Å². The Labute approximate surface area is 100 Å². The summed E-state index contributed by atoms with van der Waals surface area (Å²) in [5, 5.41) is 14.2. The first-order valence-corrected chi connectivity index (χ1v) is 6.37. The van der Waals surface area contributed by atoms with Gasteiger partial charge in [-0.1, -0.05) is 13.8 Å². The van der Waals surface area contributed by atoms with Gasteiger partial charge in [0.15, 0.2) is 0 Å². The van der Waals surface area contributed by atoms with Crippen LogP contribution in [0.1, 0.15) is 30.7 Å². The molecule has 4 heteroatoms. The summed E-state index contributed by atoms with van der Waals surface area (Å²) in [7, 11) is 0. The molecule has 1 atom stereocenters. The van der Waals surface area contributed by atoms with Crippen molar-refractivity contribution in [1.29, 1.82) is 0 Å². The highest BCUT2D eigenvalue weighted by Crippen LogP contribution is 2.15. The van der Waals surface area contributed by atoms with E-state index in [4.69, 9.17) is 5.11 Å². The Hall–Kier alpha value is -0.870. The van der Waals surface area contributed by atoms with Gasteiger partial charge in [0, 0.05) is 11.4 Å². The topological polar surface area (TPSA) is 49.3 Å². The van der Waals surface area contributed by atoms with E-state index >= 15 is 0 Å². The Kier molecular flexibility index (Phi) is 4.96. The maximum Gasteiger partial charge on any atom is 0.320 e. The monoisotopic (exact) mass is 241 g/mol. The fourth-order valence-electron chi connectivity index (χ4n) is 1.54. The molecule has 0 unspecified atom stereocenters. The quantitative estimate of drug-likeness (QED) is 0.805. The highest BCUT2D eigenvalue weighted by Gasteiger charge is 2.18. The van der Waals surface area contributed by atoms with Crippen LogP contribution in [0.4, 0.5) is 0 Å². The van der Waals surface area contributed by atoms with Gasteiger partial charge in [-0.2, -0.15) is 0 Å². The molecule has 0 saturated heterocycles. The van der Waals surface area contributed by atoms with Crippen LogP contribution in [-0.2, 0) is 11.3 Å². The molecule has 0 aliphatic rings. The predicted molar refractivity (Wildman–Crippen MR) is 66.8 cm³/mol. The van der Waals surface area contributed by atoms with Crippen LogP contribution < -0.4 is 5.32 Å². The molecule has 16 heavy (non-hydrogen) atoms. The normalized spacial score (nSPS) is 13.0. The third kappa shape index (κ3) is 3.94. The summed E-state index contributed by atoms with van der Waals surface area (Å²) in [5.74, 6) is -0.374. The van der Waals surface area contributed by atoms with Gasteiger partial charge in [-0.3, -0.25) is 10.1 Å². The zero-order chi connectivity index (χ0) is 12.1.